The minimum absolute atomic E-state index is 0.114. The average Bonchev–Trinajstić information content (AvgIpc) is 3.04. The molecule has 2 aliphatic heterocycles. The van der Waals surface area contributed by atoms with Crippen LogP contribution in [0.1, 0.15) is 36.2 Å². The Morgan fingerprint density at radius 3 is 2.39 bits per heavy atom. The van der Waals surface area contributed by atoms with Crippen molar-refractivity contribution in [1.82, 2.24) is 14.1 Å². The first kappa shape index (κ1) is 23.9. The Balaban J connectivity index is 1.44. The molecular formula is C25H33N3O4S. The number of carbonyl (C=O) groups is 1. The molecule has 2 atom stereocenters. The van der Waals surface area contributed by atoms with Gasteiger partial charge in [-0.3, -0.25) is 9.69 Å². The van der Waals surface area contributed by atoms with Gasteiger partial charge < -0.3 is 9.64 Å². The van der Waals surface area contributed by atoms with Crippen LogP contribution in [-0.4, -0.2) is 79.9 Å². The fourth-order valence-corrected chi connectivity index (χ4v) is 6.26. The molecule has 0 radical (unpaired) electrons. The second-order valence-electron chi connectivity index (χ2n) is 9.01. The smallest absolute Gasteiger partial charge is 0.253 e. The molecule has 0 bridgehead atoms. The molecule has 0 aliphatic carbocycles. The monoisotopic (exact) mass is 471 g/mol. The largest absolute Gasteiger partial charge is 0.373 e. The lowest BCUT2D eigenvalue weighted by molar-refractivity contribution is -0.0440. The van der Waals surface area contributed by atoms with Crippen molar-refractivity contribution in [2.75, 3.05) is 39.3 Å². The molecule has 2 saturated heterocycles. The van der Waals surface area contributed by atoms with E-state index in [4.69, 9.17) is 4.74 Å². The van der Waals surface area contributed by atoms with Gasteiger partial charge in [0, 0.05) is 51.4 Å². The molecular weight excluding hydrogens is 438 g/mol. The summed E-state index contributed by atoms with van der Waals surface area (Å²) in [5, 5.41) is 0. The molecule has 0 N–H and O–H groups in total. The molecule has 33 heavy (non-hydrogen) atoms. The molecule has 4 rings (SSSR count). The number of ether oxygens (including phenoxy) is 1. The number of hydrogen-bond donors (Lipinski definition) is 0. The van der Waals surface area contributed by atoms with Crippen molar-refractivity contribution in [2.24, 2.45) is 0 Å². The number of hydrogen-bond acceptors (Lipinski definition) is 5. The van der Waals surface area contributed by atoms with Crippen LogP contribution in [0.3, 0.4) is 0 Å². The zero-order chi connectivity index (χ0) is 23.4. The van der Waals surface area contributed by atoms with Crippen molar-refractivity contribution in [3.63, 3.8) is 0 Å². The Morgan fingerprint density at radius 2 is 1.67 bits per heavy atom. The van der Waals surface area contributed by atoms with E-state index in [1.54, 1.807) is 18.2 Å². The molecule has 2 aromatic carbocycles. The highest BCUT2D eigenvalue weighted by atomic mass is 32.2. The molecule has 7 nitrogen and oxygen atoms in total. The second kappa shape index (κ2) is 10.3. The summed E-state index contributed by atoms with van der Waals surface area (Å²) in [5.41, 5.74) is 1.68. The predicted molar refractivity (Wildman–Crippen MR) is 127 cm³/mol. The number of sulfonamides is 1. The van der Waals surface area contributed by atoms with Gasteiger partial charge in [0.1, 0.15) is 0 Å². The summed E-state index contributed by atoms with van der Waals surface area (Å²) in [7, 11) is -3.69. The molecule has 8 heteroatoms. The lowest BCUT2D eigenvalue weighted by atomic mass is 10.2. The van der Waals surface area contributed by atoms with Crippen LogP contribution < -0.4 is 0 Å². The third kappa shape index (κ3) is 5.81. The van der Waals surface area contributed by atoms with Gasteiger partial charge in [0.25, 0.3) is 5.91 Å². The zero-order valence-corrected chi connectivity index (χ0v) is 20.2. The van der Waals surface area contributed by atoms with Crippen LogP contribution in [0, 0.1) is 0 Å². The summed E-state index contributed by atoms with van der Waals surface area (Å²) in [6, 6.07) is 16.8. The quantitative estimate of drug-likeness (QED) is 0.671. The Hall–Kier alpha value is -2.26. The number of benzene rings is 2. The summed E-state index contributed by atoms with van der Waals surface area (Å²) >= 11 is 0. The first-order valence-corrected chi connectivity index (χ1v) is 13.1. The van der Waals surface area contributed by atoms with Gasteiger partial charge >= 0.3 is 0 Å². The van der Waals surface area contributed by atoms with Gasteiger partial charge in [-0.2, -0.15) is 4.31 Å². The highest BCUT2D eigenvalue weighted by Crippen LogP contribution is 2.23. The molecule has 2 unspecified atom stereocenters. The molecule has 178 valence electrons. The normalized spacial score (nSPS) is 23.3. The van der Waals surface area contributed by atoms with E-state index in [1.165, 1.54) is 15.9 Å². The van der Waals surface area contributed by atoms with Crippen LogP contribution in [0.5, 0.6) is 0 Å². The molecule has 2 fully saturated rings. The Kier molecular flexibility index (Phi) is 7.48. The minimum Gasteiger partial charge on any atom is -0.373 e. The van der Waals surface area contributed by atoms with Crippen molar-refractivity contribution in [3.05, 3.63) is 65.7 Å². The highest BCUT2D eigenvalue weighted by Gasteiger charge is 2.32. The summed E-state index contributed by atoms with van der Waals surface area (Å²) in [6.45, 7) is 8.26. The summed E-state index contributed by atoms with van der Waals surface area (Å²) in [5.74, 6) is -0.114. The van der Waals surface area contributed by atoms with Gasteiger partial charge in [0.15, 0.2) is 0 Å². The van der Waals surface area contributed by atoms with Crippen LogP contribution in [0.15, 0.2) is 59.5 Å². The first-order chi connectivity index (χ1) is 15.8. The number of carbonyl (C=O) groups excluding carboxylic acids is 1. The van der Waals surface area contributed by atoms with E-state index in [2.05, 4.69) is 17.0 Å². The fraction of sp³-hybridized carbons (Fsp3) is 0.480. The first-order valence-electron chi connectivity index (χ1n) is 11.6. The minimum atomic E-state index is -3.69. The predicted octanol–water partition coefficient (Wildman–Crippen LogP) is 2.83. The van der Waals surface area contributed by atoms with E-state index in [9.17, 15) is 13.2 Å². The van der Waals surface area contributed by atoms with Crippen molar-refractivity contribution < 1.29 is 17.9 Å². The van der Waals surface area contributed by atoms with Gasteiger partial charge in [-0.25, -0.2) is 8.42 Å². The summed E-state index contributed by atoms with van der Waals surface area (Å²) in [4.78, 5) is 17.6. The maximum absolute atomic E-state index is 13.3. The van der Waals surface area contributed by atoms with Gasteiger partial charge in [0.2, 0.25) is 10.0 Å². The van der Waals surface area contributed by atoms with Crippen LogP contribution in [-0.2, 0) is 21.3 Å². The molecule has 0 spiro atoms. The van der Waals surface area contributed by atoms with E-state index in [0.717, 1.165) is 26.1 Å². The van der Waals surface area contributed by atoms with Crippen LogP contribution in [0.25, 0.3) is 0 Å². The molecule has 0 aromatic heterocycles. The van der Waals surface area contributed by atoms with Crippen LogP contribution in [0.4, 0.5) is 0 Å². The van der Waals surface area contributed by atoms with Crippen molar-refractivity contribution in [3.8, 4) is 0 Å². The molecule has 2 aliphatic rings. The third-order valence-corrected chi connectivity index (χ3v) is 8.06. The van der Waals surface area contributed by atoms with E-state index in [1.807, 2.05) is 36.9 Å². The number of nitrogens with zero attached hydrogens (tertiary/aromatic N) is 3. The number of rotatable bonds is 5. The van der Waals surface area contributed by atoms with Crippen LogP contribution >= 0.6 is 0 Å². The molecule has 1 amide bonds. The lowest BCUT2D eigenvalue weighted by Gasteiger charge is -2.34. The Bertz CT molecular complexity index is 1050. The topological polar surface area (TPSA) is 70.2 Å². The fourth-order valence-electron chi connectivity index (χ4n) is 4.62. The summed E-state index contributed by atoms with van der Waals surface area (Å²) < 4.78 is 33.6. The molecule has 2 heterocycles. The SMILES string of the molecule is CC1CN(S(=O)(=O)c2cccc(C(=O)N3CCCN(Cc4ccccc4)CC3)c2)CC(C)O1. The lowest BCUT2D eigenvalue weighted by Crippen LogP contribution is -2.48. The second-order valence-corrected chi connectivity index (χ2v) is 11.0. The molecule has 2 aromatic rings. The third-order valence-electron chi connectivity index (χ3n) is 6.23. The number of amides is 1. The van der Waals surface area contributed by atoms with Crippen molar-refractivity contribution >= 4 is 15.9 Å². The zero-order valence-electron chi connectivity index (χ0n) is 19.4. The van der Waals surface area contributed by atoms with E-state index in [0.29, 0.717) is 31.7 Å². The van der Waals surface area contributed by atoms with Gasteiger partial charge in [-0.05, 0) is 44.0 Å². The van der Waals surface area contributed by atoms with Crippen molar-refractivity contribution in [2.45, 2.75) is 43.9 Å². The average molecular weight is 472 g/mol. The Labute approximate surface area is 197 Å². The van der Waals surface area contributed by atoms with Gasteiger partial charge in [0.05, 0.1) is 17.1 Å². The standard InChI is InChI=1S/C25H33N3O4S/c1-20-17-28(18-21(2)32-20)33(30,31)24-11-6-10-23(16-24)25(29)27-13-7-12-26(14-15-27)19-22-8-4-3-5-9-22/h3-6,8-11,16,20-21H,7,12-15,17-19H2,1-2H3. The van der Waals surface area contributed by atoms with Crippen LogP contribution in [0.2, 0.25) is 0 Å². The van der Waals surface area contributed by atoms with Gasteiger partial charge in [-0.15, -0.1) is 0 Å². The molecule has 0 saturated carbocycles. The maximum atomic E-state index is 13.3. The van der Waals surface area contributed by atoms with Gasteiger partial charge in [-0.1, -0.05) is 36.4 Å². The maximum Gasteiger partial charge on any atom is 0.253 e. The summed E-state index contributed by atoms with van der Waals surface area (Å²) in [6.07, 6.45) is 0.564. The number of morpholine rings is 1. The van der Waals surface area contributed by atoms with E-state index >= 15 is 0 Å². The van der Waals surface area contributed by atoms with E-state index < -0.39 is 10.0 Å². The van der Waals surface area contributed by atoms with Crippen molar-refractivity contribution in [1.29, 1.82) is 0 Å². The highest BCUT2D eigenvalue weighted by molar-refractivity contribution is 7.89. The van der Waals surface area contributed by atoms with E-state index in [-0.39, 0.29) is 23.0 Å². The Morgan fingerprint density at radius 1 is 0.939 bits per heavy atom.